The summed E-state index contributed by atoms with van der Waals surface area (Å²) in [4.78, 5) is 23.3. The van der Waals surface area contributed by atoms with E-state index in [-0.39, 0.29) is 24.3 Å². The predicted octanol–water partition coefficient (Wildman–Crippen LogP) is 2.78. The SMILES string of the molecule is C/C=C/[C@H](CCC(N)=O)NC(=O)c1ccc2ccccc2c1. The summed E-state index contributed by atoms with van der Waals surface area (Å²) in [6.45, 7) is 1.87. The van der Waals surface area contributed by atoms with E-state index in [1.54, 1.807) is 6.07 Å². The predicted molar refractivity (Wildman–Crippen MR) is 88.4 cm³/mol. The normalized spacial score (nSPS) is 12.4. The van der Waals surface area contributed by atoms with Crippen molar-refractivity contribution in [2.45, 2.75) is 25.8 Å². The van der Waals surface area contributed by atoms with E-state index in [4.69, 9.17) is 5.73 Å². The standard InChI is InChI=1S/C18H20N2O2/c1-2-5-16(10-11-17(19)21)20-18(22)15-9-8-13-6-3-4-7-14(13)12-15/h2-9,12,16H,10-11H2,1H3,(H2,19,21)(H,20,22)/b5-2+/t16-/m1/s1. The highest BCUT2D eigenvalue weighted by Gasteiger charge is 2.12. The van der Waals surface area contributed by atoms with Crippen LogP contribution >= 0.6 is 0 Å². The Kier molecular flexibility index (Phi) is 5.31. The molecule has 0 aliphatic heterocycles. The number of rotatable bonds is 6. The number of allylic oxidation sites excluding steroid dienone is 1. The summed E-state index contributed by atoms with van der Waals surface area (Å²) in [5, 5.41) is 5.04. The first-order valence-corrected chi connectivity index (χ1v) is 7.31. The number of primary amides is 1. The van der Waals surface area contributed by atoms with Gasteiger partial charge in [0.25, 0.3) is 5.91 Å². The molecule has 0 radical (unpaired) electrons. The fourth-order valence-corrected chi connectivity index (χ4v) is 2.33. The molecule has 0 fully saturated rings. The van der Waals surface area contributed by atoms with Gasteiger partial charge in [0.15, 0.2) is 0 Å². The third kappa shape index (κ3) is 4.19. The molecule has 4 nitrogen and oxygen atoms in total. The summed E-state index contributed by atoms with van der Waals surface area (Å²) in [6.07, 6.45) is 4.46. The highest BCUT2D eigenvalue weighted by Crippen LogP contribution is 2.16. The van der Waals surface area contributed by atoms with Crippen LogP contribution in [0.2, 0.25) is 0 Å². The van der Waals surface area contributed by atoms with Gasteiger partial charge in [-0.1, -0.05) is 42.5 Å². The monoisotopic (exact) mass is 296 g/mol. The molecule has 2 aromatic carbocycles. The lowest BCUT2D eigenvalue weighted by Gasteiger charge is -2.14. The van der Waals surface area contributed by atoms with Crippen LogP contribution < -0.4 is 11.1 Å². The molecule has 4 heteroatoms. The number of nitrogens with one attached hydrogen (secondary N) is 1. The second-order valence-corrected chi connectivity index (χ2v) is 5.17. The van der Waals surface area contributed by atoms with Crippen LogP contribution in [0.5, 0.6) is 0 Å². The second-order valence-electron chi connectivity index (χ2n) is 5.17. The Morgan fingerprint density at radius 1 is 1.18 bits per heavy atom. The zero-order chi connectivity index (χ0) is 15.9. The minimum Gasteiger partial charge on any atom is -0.370 e. The van der Waals surface area contributed by atoms with Gasteiger partial charge in [-0.2, -0.15) is 0 Å². The maximum atomic E-state index is 12.4. The van der Waals surface area contributed by atoms with Gasteiger partial charge in [0, 0.05) is 18.0 Å². The van der Waals surface area contributed by atoms with Crippen molar-refractivity contribution in [1.82, 2.24) is 5.32 Å². The number of carbonyl (C=O) groups excluding carboxylic acids is 2. The first kappa shape index (κ1) is 15.8. The van der Waals surface area contributed by atoms with Crippen LogP contribution in [0.15, 0.2) is 54.6 Å². The number of carbonyl (C=O) groups is 2. The Hall–Kier alpha value is -2.62. The van der Waals surface area contributed by atoms with Gasteiger partial charge >= 0.3 is 0 Å². The molecule has 114 valence electrons. The molecule has 0 saturated heterocycles. The smallest absolute Gasteiger partial charge is 0.251 e. The molecule has 0 heterocycles. The van der Waals surface area contributed by atoms with Crippen molar-refractivity contribution in [3.8, 4) is 0 Å². The molecule has 0 aromatic heterocycles. The van der Waals surface area contributed by atoms with Crippen LogP contribution in [0.1, 0.15) is 30.1 Å². The topological polar surface area (TPSA) is 72.2 Å². The molecule has 2 rings (SSSR count). The third-order valence-corrected chi connectivity index (χ3v) is 3.45. The Morgan fingerprint density at radius 2 is 1.91 bits per heavy atom. The Labute approximate surface area is 130 Å². The van der Waals surface area contributed by atoms with Crippen LogP contribution in [0.25, 0.3) is 10.8 Å². The van der Waals surface area contributed by atoms with E-state index in [2.05, 4.69) is 5.32 Å². The van der Waals surface area contributed by atoms with E-state index < -0.39 is 0 Å². The molecular formula is C18H20N2O2. The van der Waals surface area contributed by atoms with E-state index in [0.717, 1.165) is 10.8 Å². The van der Waals surface area contributed by atoms with E-state index in [1.165, 1.54) is 0 Å². The van der Waals surface area contributed by atoms with Gasteiger partial charge in [0.1, 0.15) is 0 Å². The van der Waals surface area contributed by atoms with E-state index in [9.17, 15) is 9.59 Å². The Morgan fingerprint density at radius 3 is 2.59 bits per heavy atom. The number of hydrogen-bond donors (Lipinski definition) is 2. The summed E-state index contributed by atoms with van der Waals surface area (Å²) in [6, 6.07) is 13.3. The highest BCUT2D eigenvalue weighted by atomic mass is 16.2. The van der Waals surface area contributed by atoms with Crippen LogP contribution in [0.4, 0.5) is 0 Å². The first-order valence-electron chi connectivity index (χ1n) is 7.31. The van der Waals surface area contributed by atoms with Crippen LogP contribution in [-0.2, 0) is 4.79 Å². The number of benzene rings is 2. The summed E-state index contributed by atoms with van der Waals surface area (Å²) in [7, 11) is 0. The van der Waals surface area contributed by atoms with Crippen molar-refractivity contribution in [3.63, 3.8) is 0 Å². The Bertz CT molecular complexity index is 707. The Balaban J connectivity index is 2.12. The maximum absolute atomic E-state index is 12.4. The van der Waals surface area contributed by atoms with Gasteiger partial charge in [-0.05, 0) is 36.2 Å². The number of hydrogen-bond acceptors (Lipinski definition) is 2. The zero-order valence-corrected chi connectivity index (χ0v) is 12.6. The average Bonchev–Trinajstić information content (AvgIpc) is 2.52. The number of nitrogens with two attached hydrogens (primary N) is 1. The van der Waals surface area contributed by atoms with Crippen molar-refractivity contribution in [1.29, 1.82) is 0 Å². The third-order valence-electron chi connectivity index (χ3n) is 3.45. The molecule has 2 aromatic rings. The van der Waals surface area contributed by atoms with Gasteiger partial charge < -0.3 is 11.1 Å². The quantitative estimate of drug-likeness (QED) is 0.805. The lowest BCUT2D eigenvalue weighted by Crippen LogP contribution is -2.34. The second kappa shape index (κ2) is 7.41. The molecule has 0 aliphatic rings. The molecule has 22 heavy (non-hydrogen) atoms. The van der Waals surface area contributed by atoms with Crippen molar-refractivity contribution in [2.75, 3.05) is 0 Å². The van der Waals surface area contributed by atoms with Gasteiger partial charge in [-0.15, -0.1) is 0 Å². The van der Waals surface area contributed by atoms with E-state index in [0.29, 0.717) is 12.0 Å². The first-order chi connectivity index (χ1) is 10.6. The minimum atomic E-state index is -0.366. The summed E-state index contributed by atoms with van der Waals surface area (Å²) < 4.78 is 0. The zero-order valence-electron chi connectivity index (χ0n) is 12.6. The van der Waals surface area contributed by atoms with Gasteiger partial charge in [-0.3, -0.25) is 9.59 Å². The molecule has 0 bridgehead atoms. The largest absolute Gasteiger partial charge is 0.370 e. The van der Waals surface area contributed by atoms with Gasteiger partial charge in [0.2, 0.25) is 5.91 Å². The maximum Gasteiger partial charge on any atom is 0.251 e. The van der Waals surface area contributed by atoms with E-state index >= 15 is 0 Å². The van der Waals surface area contributed by atoms with Crippen LogP contribution in [-0.4, -0.2) is 17.9 Å². The lowest BCUT2D eigenvalue weighted by atomic mass is 10.1. The van der Waals surface area contributed by atoms with Crippen LogP contribution in [0.3, 0.4) is 0 Å². The lowest BCUT2D eigenvalue weighted by molar-refractivity contribution is -0.118. The summed E-state index contributed by atoms with van der Waals surface area (Å²) in [5.41, 5.74) is 5.77. The summed E-state index contributed by atoms with van der Waals surface area (Å²) >= 11 is 0. The minimum absolute atomic E-state index is 0.154. The van der Waals surface area contributed by atoms with Crippen LogP contribution in [0, 0.1) is 0 Å². The van der Waals surface area contributed by atoms with Gasteiger partial charge in [0.05, 0.1) is 0 Å². The molecular weight excluding hydrogens is 276 g/mol. The summed E-state index contributed by atoms with van der Waals surface area (Å²) in [5.74, 6) is -0.521. The fourth-order valence-electron chi connectivity index (χ4n) is 2.33. The van der Waals surface area contributed by atoms with Crippen molar-refractivity contribution in [2.24, 2.45) is 5.73 Å². The highest BCUT2D eigenvalue weighted by molar-refractivity contribution is 5.98. The van der Waals surface area contributed by atoms with Crippen molar-refractivity contribution in [3.05, 3.63) is 60.2 Å². The molecule has 2 amide bonds. The molecule has 0 unspecified atom stereocenters. The van der Waals surface area contributed by atoms with Crippen molar-refractivity contribution >= 4 is 22.6 Å². The number of amides is 2. The average molecular weight is 296 g/mol. The van der Waals surface area contributed by atoms with E-state index in [1.807, 2.05) is 55.5 Å². The molecule has 0 spiro atoms. The molecule has 3 N–H and O–H groups in total. The molecule has 0 aliphatic carbocycles. The number of fused-ring (bicyclic) bond motifs is 1. The molecule has 1 atom stereocenters. The van der Waals surface area contributed by atoms with Gasteiger partial charge in [-0.25, -0.2) is 0 Å². The fraction of sp³-hybridized carbons (Fsp3) is 0.222. The van der Waals surface area contributed by atoms with Crippen molar-refractivity contribution < 1.29 is 9.59 Å². The molecule has 0 saturated carbocycles.